The number of thiazole rings is 1. The van der Waals surface area contributed by atoms with Gasteiger partial charge in [0.15, 0.2) is 5.13 Å². The lowest BCUT2D eigenvalue weighted by molar-refractivity contribution is -0.121. The van der Waals surface area contributed by atoms with Crippen molar-refractivity contribution in [1.29, 1.82) is 0 Å². The third kappa shape index (κ3) is 4.54. The third-order valence-corrected chi connectivity index (χ3v) is 3.56. The molecule has 19 heavy (non-hydrogen) atoms. The number of nitrogens with two attached hydrogens (primary N) is 1. The highest BCUT2D eigenvalue weighted by Crippen LogP contribution is 2.12. The van der Waals surface area contributed by atoms with E-state index >= 15 is 0 Å². The Kier molecular flexibility index (Phi) is 4.76. The van der Waals surface area contributed by atoms with Gasteiger partial charge in [0.2, 0.25) is 5.91 Å². The van der Waals surface area contributed by atoms with Crippen molar-refractivity contribution in [2.75, 3.05) is 5.73 Å². The van der Waals surface area contributed by atoms with Gasteiger partial charge in [-0.1, -0.05) is 23.7 Å². The lowest BCUT2D eigenvalue weighted by Crippen LogP contribution is -2.23. The van der Waals surface area contributed by atoms with E-state index in [0.29, 0.717) is 29.5 Å². The number of nitrogens with one attached hydrogen (secondary N) is 1. The van der Waals surface area contributed by atoms with Crippen molar-refractivity contribution < 1.29 is 4.79 Å². The van der Waals surface area contributed by atoms with Gasteiger partial charge in [-0.25, -0.2) is 4.98 Å². The molecule has 1 heterocycles. The molecule has 0 aliphatic rings. The van der Waals surface area contributed by atoms with Gasteiger partial charge in [-0.05, 0) is 24.1 Å². The number of halogens is 1. The molecule has 4 nitrogen and oxygen atoms in total. The summed E-state index contributed by atoms with van der Waals surface area (Å²) >= 11 is 7.18. The molecule has 3 N–H and O–H groups in total. The summed E-state index contributed by atoms with van der Waals surface area (Å²) in [6.45, 7) is 0.509. The minimum atomic E-state index is 0.00141. The van der Waals surface area contributed by atoms with Gasteiger partial charge in [-0.2, -0.15) is 0 Å². The van der Waals surface area contributed by atoms with Crippen LogP contribution in [0.1, 0.15) is 17.7 Å². The Hall–Kier alpha value is -1.59. The number of nitrogens with zero attached hydrogens (tertiary/aromatic N) is 1. The van der Waals surface area contributed by atoms with E-state index in [9.17, 15) is 4.79 Å². The van der Waals surface area contributed by atoms with Crippen molar-refractivity contribution in [3.05, 3.63) is 45.9 Å². The molecule has 0 aliphatic heterocycles. The van der Waals surface area contributed by atoms with Crippen LogP contribution in [0.4, 0.5) is 5.13 Å². The highest BCUT2D eigenvalue weighted by molar-refractivity contribution is 7.13. The van der Waals surface area contributed by atoms with Gasteiger partial charge in [0.1, 0.15) is 0 Å². The van der Waals surface area contributed by atoms with Crippen LogP contribution in [0.15, 0.2) is 29.6 Å². The second-order valence-electron chi connectivity index (χ2n) is 4.08. The van der Waals surface area contributed by atoms with Crippen LogP contribution in [0.5, 0.6) is 0 Å². The minimum absolute atomic E-state index is 0.00141. The normalized spacial score (nSPS) is 10.4. The average Bonchev–Trinajstić information content (AvgIpc) is 2.81. The standard InChI is InChI=1S/C13H14ClN3OS/c14-10-3-1-9(2-4-10)7-16-12(18)6-5-11-8-19-13(15)17-11/h1-4,8H,5-7H2,(H2,15,17)(H,16,18). The van der Waals surface area contributed by atoms with Crippen molar-refractivity contribution in [2.24, 2.45) is 0 Å². The van der Waals surface area contributed by atoms with Crippen LogP contribution in [0, 0.1) is 0 Å². The zero-order chi connectivity index (χ0) is 13.7. The van der Waals surface area contributed by atoms with Crippen molar-refractivity contribution in [1.82, 2.24) is 10.3 Å². The summed E-state index contributed by atoms with van der Waals surface area (Å²) in [6.07, 6.45) is 1.02. The summed E-state index contributed by atoms with van der Waals surface area (Å²) in [7, 11) is 0. The van der Waals surface area contributed by atoms with Crippen molar-refractivity contribution in [3.63, 3.8) is 0 Å². The number of rotatable bonds is 5. The number of anilines is 1. The second kappa shape index (κ2) is 6.54. The molecule has 2 aromatic rings. The molecule has 0 aliphatic carbocycles. The van der Waals surface area contributed by atoms with E-state index < -0.39 is 0 Å². The van der Waals surface area contributed by atoms with Gasteiger partial charge in [0.25, 0.3) is 0 Å². The first kappa shape index (κ1) is 13.8. The lowest BCUT2D eigenvalue weighted by atomic mass is 10.2. The summed E-state index contributed by atoms with van der Waals surface area (Å²) in [5, 5.41) is 5.96. The lowest BCUT2D eigenvalue weighted by Gasteiger charge is -2.04. The van der Waals surface area contributed by atoms with Crippen LogP contribution in [-0.4, -0.2) is 10.9 Å². The van der Waals surface area contributed by atoms with E-state index in [-0.39, 0.29) is 5.91 Å². The molecule has 0 bridgehead atoms. The third-order valence-electron chi connectivity index (χ3n) is 2.58. The van der Waals surface area contributed by atoms with Gasteiger partial charge in [0, 0.05) is 23.4 Å². The maximum atomic E-state index is 11.7. The number of benzene rings is 1. The van der Waals surface area contributed by atoms with E-state index in [1.807, 2.05) is 17.5 Å². The summed E-state index contributed by atoms with van der Waals surface area (Å²) in [6, 6.07) is 7.40. The van der Waals surface area contributed by atoms with Crippen LogP contribution in [0.3, 0.4) is 0 Å². The highest BCUT2D eigenvalue weighted by atomic mass is 35.5. The van der Waals surface area contributed by atoms with Crippen molar-refractivity contribution in [3.8, 4) is 0 Å². The predicted molar refractivity (Wildman–Crippen MR) is 78.1 cm³/mol. The van der Waals surface area contributed by atoms with Gasteiger partial charge >= 0.3 is 0 Å². The second-order valence-corrected chi connectivity index (χ2v) is 5.41. The SMILES string of the molecule is Nc1nc(CCC(=O)NCc2ccc(Cl)cc2)cs1. The van der Waals surface area contributed by atoms with Crippen LogP contribution < -0.4 is 11.1 Å². The fourth-order valence-corrected chi connectivity index (χ4v) is 2.29. The topological polar surface area (TPSA) is 68.0 Å². The fraction of sp³-hybridized carbons (Fsp3) is 0.231. The monoisotopic (exact) mass is 295 g/mol. The van der Waals surface area contributed by atoms with Crippen molar-refractivity contribution >= 4 is 34.0 Å². The molecule has 1 amide bonds. The van der Waals surface area contributed by atoms with Crippen LogP contribution >= 0.6 is 22.9 Å². The summed E-state index contributed by atoms with van der Waals surface area (Å²) in [5.74, 6) is 0.00141. The van der Waals surface area contributed by atoms with E-state index in [2.05, 4.69) is 10.3 Å². The average molecular weight is 296 g/mol. The summed E-state index contributed by atoms with van der Waals surface area (Å²) in [5.41, 5.74) is 7.42. The van der Waals surface area contributed by atoms with E-state index in [1.54, 1.807) is 12.1 Å². The smallest absolute Gasteiger partial charge is 0.220 e. The highest BCUT2D eigenvalue weighted by Gasteiger charge is 2.04. The molecule has 0 saturated heterocycles. The molecule has 0 fully saturated rings. The predicted octanol–water partition coefficient (Wildman–Crippen LogP) is 2.63. The number of hydrogen-bond acceptors (Lipinski definition) is 4. The van der Waals surface area contributed by atoms with E-state index in [4.69, 9.17) is 17.3 Å². The fourth-order valence-electron chi connectivity index (χ4n) is 1.57. The Bertz CT molecular complexity index is 553. The Morgan fingerprint density at radius 2 is 2.11 bits per heavy atom. The molecular formula is C13H14ClN3OS. The quantitative estimate of drug-likeness (QED) is 0.891. The Morgan fingerprint density at radius 3 is 2.74 bits per heavy atom. The molecule has 0 spiro atoms. The Labute approximate surface area is 120 Å². The number of hydrogen-bond donors (Lipinski definition) is 2. The van der Waals surface area contributed by atoms with Gasteiger partial charge in [-0.15, -0.1) is 11.3 Å². The van der Waals surface area contributed by atoms with Crippen LogP contribution in [0.25, 0.3) is 0 Å². The van der Waals surface area contributed by atoms with Gasteiger partial charge in [0.05, 0.1) is 5.69 Å². The molecule has 6 heteroatoms. The number of aromatic nitrogens is 1. The largest absolute Gasteiger partial charge is 0.375 e. The Morgan fingerprint density at radius 1 is 1.37 bits per heavy atom. The molecule has 0 unspecified atom stereocenters. The zero-order valence-corrected chi connectivity index (χ0v) is 11.8. The van der Waals surface area contributed by atoms with Gasteiger partial charge in [-0.3, -0.25) is 4.79 Å². The maximum Gasteiger partial charge on any atom is 0.220 e. The minimum Gasteiger partial charge on any atom is -0.375 e. The van der Waals surface area contributed by atoms with Crippen LogP contribution in [-0.2, 0) is 17.8 Å². The molecule has 1 aromatic carbocycles. The number of amides is 1. The Balaban J connectivity index is 1.74. The molecule has 2 rings (SSSR count). The number of carbonyl (C=O) groups is 1. The molecule has 0 atom stereocenters. The molecule has 0 radical (unpaired) electrons. The molecular weight excluding hydrogens is 282 g/mol. The first-order chi connectivity index (χ1) is 9.13. The number of aryl methyl sites for hydroxylation is 1. The van der Waals surface area contributed by atoms with Gasteiger partial charge < -0.3 is 11.1 Å². The maximum absolute atomic E-state index is 11.7. The molecule has 100 valence electrons. The van der Waals surface area contributed by atoms with Crippen LogP contribution in [0.2, 0.25) is 5.02 Å². The van der Waals surface area contributed by atoms with E-state index in [1.165, 1.54) is 11.3 Å². The number of carbonyl (C=O) groups excluding carboxylic acids is 1. The van der Waals surface area contributed by atoms with E-state index in [0.717, 1.165) is 11.3 Å². The first-order valence-corrected chi connectivity index (χ1v) is 7.10. The first-order valence-electron chi connectivity index (χ1n) is 5.84. The molecule has 1 aromatic heterocycles. The summed E-state index contributed by atoms with van der Waals surface area (Å²) < 4.78 is 0. The molecule has 0 saturated carbocycles. The number of nitrogen functional groups attached to an aromatic ring is 1. The van der Waals surface area contributed by atoms with Crippen molar-refractivity contribution in [2.45, 2.75) is 19.4 Å². The summed E-state index contributed by atoms with van der Waals surface area (Å²) in [4.78, 5) is 15.8. The zero-order valence-electron chi connectivity index (χ0n) is 10.2.